The maximum atomic E-state index is 13.0. The molecule has 6 heteroatoms. The van der Waals surface area contributed by atoms with E-state index >= 15 is 0 Å². The molecule has 0 saturated heterocycles. The summed E-state index contributed by atoms with van der Waals surface area (Å²) in [7, 11) is 0. The SMILES string of the molecule is C=CCN(CCO)C(=O)NC(C)c1ccc(F)cc1Cl. The first-order valence-corrected chi connectivity index (χ1v) is 6.59. The monoisotopic (exact) mass is 300 g/mol. The van der Waals surface area contributed by atoms with Gasteiger partial charge in [0, 0.05) is 18.1 Å². The molecular weight excluding hydrogens is 283 g/mol. The fraction of sp³-hybridized carbons (Fsp3) is 0.357. The van der Waals surface area contributed by atoms with E-state index in [4.69, 9.17) is 16.7 Å². The molecule has 4 nitrogen and oxygen atoms in total. The Kier molecular flexibility index (Phi) is 6.48. The van der Waals surface area contributed by atoms with Gasteiger partial charge in [-0.3, -0.25) is 0 Å². The van der Waals surface area contributed by atoms with Gasteiger partial charge in [0.2, 0.25) is 0 Å². The topological polar surface area (TPSA) is 52.6 Å². The van der Waals surface area contributed by atoms with Crippen molar-refractivity contribution in [2.45, 2.75) is 13.0 Å². The van der Waals surface area contributed by atoms with Crippen molar-refractivity contribution >= 4 is 17.6 Å². The van der Waals surface area contributed by atoms with Crippen molar-refractivity contribution in [3.8, 4) is 0 Å². The van der Waals surface area contributed by atoms with Crippen LogP contribution >= 0.6 is 11.6 Å². The van der Waals surface area contributed by atoms with Crippen LogP contribution in [0.2, 0.25) is 5.02 Å². The van der Waals surface area contributed by atoms with Gasteiger partial charge in [-0.1, -0.05) is 23.7 Å². The van der Waals surface area contributed by atoms with Crippen LogP contribution in [0, 0.1) is 5.82 Å². The number of nitrogens with zero attached hydrogens (tertiary/aromatic N) is 1. The maximum Gasteiger partial charge on any atom is 0.318 e. The van der Waals surface area contributed by atoms with Gasteiger partial charge in [-0.25, -0.2) is 9.18 Å². The first kappa shape index (κ1) is 16.5. The van der Waals surface area contributed by atoms with E-state index in [9.17, 15) is 9.18 Å². The Morgan fingerprint density at radius 1 is 1.65 bits per heavy atom. The summed E-state index contributed by atoms with van der Waals surface area (Å²) in [5, 5.41) is 11.9. The van der Waals surface area contributed by atoms with Crippen molar-refractivity contribution < 1.29 is 14.3 Å². The van der Waals surface area contributed by atoms with Crippen LogP contribution in [-0.2, 0) is 0 Å². The second-order valence-electron chi connectivity index (χ2n) is 4.30. The minimum atomic E-state index is -0.425. The van der Waals surface area contributed by atoms with Gasteiger partial charge in [-0.05, 0) is 24.6 Å². The number of hydrogen-bond acceptors (Lipinski definition) is 2. The Morgan fingerprint density at radius 3 is 2.90 bits per heavy atom. The van der Waals surface area contributed by atoms with Crippen LogP contribution < -0.4 is 5.32 Å². The fourth-order valence-corrected chi connectivity index (χ4v) is 2.09. The van der Waals surface area contributed by atoms with E-state index in [0.717, 1.165) is 0 Å². The van der Waals surface area contributed by atoms with Gasteiger partial charge in [0.05, 0.1) is 12.6 Å². The lowest BCUT2D eigenvalue weighted by Gasteiger charge is -2.24. The van der Waals surface area contributed by atoms with Crippen LogP contribution in [0.15, 0.2) is 30.9 Å². The molecule has 0 spiro atoms. The highest BCUT2D eigenvalue weighted by atomic mass is 35.5. The maximum absolute atomic E-state index is 13.0. The van der Waals surface area contributed by atoms with Gasteiger partial charge in [-0.2, -0.15) is 0 Å². The molecular formula is C14H18ClFN2O2. The first-order chi connectivity index (χ1) is 9.49. The number of amides is 2. The Bertz CT molecular complexity index is 482. The highest BCUT2D eigenvalue weighted by Gasteiger charge is 2.17. The normalized spacial score (nSPS) is 11.8. The second kappa shape index (κ2) is 7.87. The second-order valence-corrected chi connectivity index (χ2v) is 4.70. The van der Waals surface area contributed by atoms with E-state index in [1.54, 1.807) is 13.0 Å². The molecule has 0 aliphatic carbocycles. The van der Waals surface area contributed by atoms with Gasteiger partial charge in [0.25, 0.3) is 0 Å². The summed E-state index contributed by atoms with van der Waals surface area (Å²) < 4.78 is 13.0. The zero-order valence-corrected chi connectivity index (χ0v) is 12.0. The standard InChI is InChI=1S/C14H18ClFN2O2/c1-3-6-18(7-8-19)14(20)17-10(2)12-5-4-11(16)9-13(12)15/h3-5,9-10,19H,1,6-8H2,2H3,(H,17,20). The van der Waals surface area contributed by atoms with Crippen molar-refractivity contribution in [2.75, 3.05) is 19.7 Å². The van der Waals surface area contributed by atoms with Gasteiger partial charge >= 0.3 is 6.03 Å². The summed E-state index contributed by atoms with van der Waals surface area (Å²) in [6.07, 6.45) is 1.57. The molecule has 0 aliphatic heterocycles. The van der Waals surface area contributed by atoms with Gasteiger partial charge in [0.15, 0.2) is 0 Å². The molecule has 1 aromatic carbocycles. The number of benzene rings is 1. The molecule has 0 aromatic heterocycles. The smallest absolute Gasteiger partial charge is 0.318 e. The molecule has 0 heterocycles. The lowest BCUT2D eigenvalue weighted by atomic mass is 10.1. The van der Waals surface area contributed by atoms with E-state index in [-0.39, 0.29) is 30.2 Å². The third-order valence-electron chi connectivity index (χ3n) is 2.78. The quantitative estimate of drug-likeness (QED) is 0.794. The Morgan fingerprint density at radius 2 is 2.35 bits per heavy atom. The Balaban J connectivity index is 2.75. The van der Waals surface area contributed by atoms with Crippen molar-refractivity contribution in [3.63, 3.8) is 0 Å². The summed E-state index contributed by atoms with van der Waals surface area (Å²) in [4.78, 5) is 13.4. The van der Waals surface area contributed by atoms with Crippen molar-refractivity contribution in [2.24, 2.45) is 0 Å². The molecule has 110 valence electrons. The zero-order chi connectivity index (χ0) is 15.1. The van der Waals surface area contributed by atoms with Crippen LogP contribution in [-0.4, -0.2) is 35.7 Å². The number of hydrogen-bond donors (Lipinski definition) is 2. The number of nitrogens with one attached hydrogen (secondary N) is 1. The van der Waals surface area contributed by atoms with Crippen LogP contribution in [0.1, 0.15) is 18.5 Å². The Labute approximate surface area is 122 Å². The first-order valence-electron chi connectivity index (χ1n) is 6.21. The molecule has 2 amide bonds. The number of rotatable bonds is 6. The summed E-state index contributed by atoms with van der Waals surface area (Å²) >= 11 is 5.95. The largest absolute Gasteiger partial charge is 0.395 e. The van der Waals surface area contributed by atoms with Gasteiger partial charge < -0.3 is 15.3 Å². The lowest BCUT2D eigenvalue weighted by Crippen LogP contribution is -2.42. The number of urea groups is 1. The van der Waals surface area contributed by atoms with E-state index in [1.165, 1.54) is 23.1 Å². The molecule has 2 N–H and O–H groups in total. The highest BCUT2D eigenvalue weighted by molar-refractivity contribution is 6.31. The van der Waals surface area contributed by atoms with Gasteiger partial charge in [0.1, 0.15) is 5.82 Å². The number of carbonyl (C=O) groups is 1. The number of aliphatic hydroxyl groups is 1. The molecule has 0 saturated carbocycles. The van der Waals surface area contributed by atoms with E-state index in [1.807, 2.05) is 0 Å². The summed E-state index contributed by atoms with van der Waals surface area (Å²) in [6.45, 7) is 5.72. The predicted molar refractivity (Wildman–Crippen MR) is 77.2 cm³/mol. The third-order valence-corrected chi connectivity index (χ3v) is 3.10. The number of halogens is 2. The highest BCUT2D eigenvalue weighted by Crippen LogP contribution is 2.23. The number of aliphatic hydroxyl groups excluding tert-OH is 1. The van der Waals surface area contributed by atoms with Crippen LogP contribution in [0.4, 0.5) is 9.18 Å². The van der Waals surface area contributed by atoms with Crippen molar-refractivity contribution in [1.82, 2.24) is 10.2 Å². The van der Waals surface area contributed by atoms with Crippen LogP contribution in [0.3, 0.4) is 0 Å². The molecule has 1 unspecified atom stereocenters. The van der Waals surface area contributed by atoms with E-state index in [2.05, 4.69) is 11.9 Å². The fourth-order valence-electron chi connectivity index (χ4n) is 1.76. The van der Waals surface area contributed by atoms with Gasteiger partial charge in [-0.15, -0.1) is 6.58 Å². The van der Waals surface area contributed by atoms with E-state index < -0.39 is 5.82 Å². The minimum Gasteiger partial charge on any atom is -0.395 e. The summed E-state index contributed by atoms with van der Waals surface area (Å²) in [5.74, 6) is -0.425. The minimum absolute atomic E-state index is 0.132. The molecule has 20 heavy (non-hydrogen) atoms. The molecule has 0 fully saturated rings. The lowest BCUT2D eigenvalue weighted by molar-refractivity contribution is 0.181. The summed E-state index contributed by atoms with van der Waals surface area (Å²) in [6, 6.07) is 3.31. The molecule has 0 radical (unpaired) electrons. The molecule has 0 aliphatic rings. The third kappa shape index (κ3) is 4.51. The van der Waals surface area contributed by atoms with Crippen molar-refractivity contribution in [1.29, 1.82) is 0 Å². The van der Waals surface area contributed by atoms with E-state index in [0.29, 0.717) is 12.1 Å². The Hall–Kier alpha value is -1.59. The molecule has 1 rings (SSSR count). The zero-order valence-electron chi connectivity index (χ0n) is 11.3. The predicted octanol–water partition coefficient (Wildman–Crippen LogP) is 2.73. The summed E-state index contributed by atoms with van der Waals surface area (Å²) in [5.41, 5.74) is 0.629. The number of carbonyl (C=O) groups excluding carboxylic acids is 1. The van der Waals surface area contributed by atoms with Crippen molar-refractivity contribution in [3.05, 3.63) is 47.3 Å². The van der Waals surface area contributed by atoms with Crippen LogP contribution in [0.5, 0.6) is 0 Å². The molecule has 1 atom stereocenters. The molecule has 0 bridgehead atoms. The van der Waals surface area contributed by atoms with Crippen LogP contribution in [0.25, 0.3) is 0 Å². The molecule has 1 aromatic rings. The average Bonchev–Trinajstić information content (AvgIpc) is 2.38. The average molecular weight is 301 g/mol.